The third-order valence-corrected chi connectivity index (χ3v) is 4.86. The zero-order valence-electron chi connectivity index (χ0n) is 14.8. The first kappa shape index (κ1) is 19.3. The Morgan fingerprint density at radius 3 is 2.44 bits per heavy atom. The number of aryl methyl sites for hydroxylation is 2. The molecule has 0 fully saturated rings. The number of pyridine rings is 1. The number of benzene rings is 2. The van der Waals surface area contributed by atoms with Crippen LogP contribution in [0.15, 0.2) is 59.3 Å². The SMILES string of the molecule is Cc1cc2nc(-c3cc[n+](Cc4ccc(F)cc4Cl)cc3)oc2cc1C.[Cl-]. The Morgan fingerprint density at radius 2 is 1.74 bits per heavy atom. The van der Waals surface area contributed by atoms with Crippen LogP contribution in [0.25, 0.3) is 22.6 Å². The Bertz CT molecular complexity index is 1070. The predicted octanol–water partition coefficient (Wildman–Crippen LogP) is 2.24. The van der Waals surface area contributed by atoms with Gasteiger partial charge in [-0.1, -0.05) is 11.6 Å². The average Bonchev–Trinajstić information content (AvgIpc) is 3.01. The lowest BCUT2D eigenvalue weighted by Gasteiger charge is -2.01. The standard InChI is InChI=1S/C21H17ClFN2O.ClH/c1-13-9-19-20(10-14(13)2)26-21(24-19)15-5-7-25(8-6-15)12-16-3-4-17(23)11-18(16)22;/h3-11H,12H2,1-2H3;1H/q+1;/p-1. The summed E-state index contributed by atoms with van der Waals surface area (Å²) in [4.78, 5) is 4.58. The maximum atomic E-state index is 13.2. The van der Waals surface area contributed by atoms with Crippen molar-refractivity contribution >= 4 is 22.7 Å². The van der Waals surface area contributed by atoms with Crippen LogP contribution in [0.5, 0.6) is 0 Å². The van der Waals surface area contributed by atoms with Gasteiger partial charge in [0.1, 0.15) is 11.3 Å². The second kappa shape index (κ2) is 7.67. The first-order valence-electron chi connectivity index (χ1n) is 8.31. The number of rotatable bonds is 3. The number of nitrogens with zero attached hydrogens (tertiary/aromatic N) is 2. The molecule has 0 aliphatic rings. The molecule has 0 saturated heterocycles. The van der Waals surface area contributed by atoms with Gasteiger partial charge < -0.3 is 16.8 Å². The molecule has 2 aromatic heterocycles. The van der Waals surface area contributed by atoms with Crippen molar-refractivity contribution in [1.82, 2.24) is 4.98 Å². The Hall–Kier alpha value is -2.43. The van der Waals surface area contributed by atoms with Crippen molar-refractivity contribution in [3.8, 4) is 11.5 Å². The van der Waals surface area contributed by atoms with Crippen molar-refractivity contribution in [2.24, 2.45) is 0 Å². The van der Waals surface area contributed by atoms with Gasteiger partial charge in [0.15, 0.2) is 24.5 Å². The van der Waals surface area contributed by atoms with Crippen LogP contribution in [-0.4, -0.2) is 4.98 Å². The average molecular weight is 403 g/mol. The second-order valence-electron chi connectivity index (χ2n) is 6.42. The van der Waals surface area contributed by atoms with Gasteiger partial charge >= 0.3 is 0 Å². The second-order valence-corrected chi connectivity index (χ2v) is 6.83. The van der Waals surface area contributed by atoms with Crippen LogP contribution < -0.4 is 17.0 Å². The summed E-state index contributed by atoms with van der Waals surface area (Å²) in [6.45, 7) is 4.68. The van der Waals surface area contributed by atoms with Crippen molar-refractivity contribution in [3.05, 3.63) is 82.4 Å². The summed E-state index contributed by atoms with van der Waals surface area (Å²) >= 11 is 6.10. The molecule has 4 aromatic rings. The van der Waals surface area contributed by atoms with Gasteiger partial charge in [-0.15, -0.1) is 0 Å². The van der Waals surface area contributed by atoms with Gasteiger partial charge in [0.05, 0.1) is 5.02 Å². The molecule has 0 unspecified atom stereocenters. The summed E-state index contributed by atoms with van der Waals surface area (Å²) < 4.78 is 21.0. The molecule has 2 heterocycles. The van der Waals surface area contributed by atoms with E-state index in [0.29, 0.717) is 17.5 Å². The number of oxazole rings is 1. The molecule has 2 aromatic carbocycles. The Morgan fingerprint density at radius 1 is 1.04 bits per heavy atom. The molecule has 3 nitrogen and oxygen atoms in total. The Kier molecular flexibility index (Phi) is 5.49. The van der Waals surface area contributed by atoms with Gasteiger partial charge in [-0.05, 0) is 55.3 Å². The number of halogens is 3. The molecule has 0 spiro atoms. The van der Waals surface area contributed by atoms with Crippen LogP contribution in [0.2, 0.25) is 5.02 Å². The van der Waals surface area contributed by atoms with Gasteiger partial charge in [-0.3, -0.25) is 0 Å². The van der Waals surface area contributed by atoms with Gasteiger partial charge in [0, 0.05) is 23.3 Å². The van der Waals surface area contributed by atoms with E-state index in [2.05, 4.69) is 18.8 Å². The summed E-state index contributed by atoms with van der Waals surface area (Å²) in [5.41, 5.74) is 5.79. The molecule has 0 radical (unpaired) electrons. The highest BCUT2D eigenvalue weighted by Crippen LogP contribution is 2.26. The molecule has 6 heteroatoms. The van der Waals surface area contributed by atoms with Crippen LogP contribution in [0.4, 0.5) is 4.39 Å². The fourth-order valence-electron chi connectivity index (χ4n) is 2.86. The maximum Gasteiger partial charge on any atom is 0.227 e. The zero-order valence-corrected chi connectivity index (χ0v) is 16.4. The number of hydrogen-bond acceptors (Lipinski definition) is 2. The molecule has 0 aliphatic carbocycles. The minimum absolute atomic E-state index is 0. The highest BCUT2D eigenvalue weighted by atomic mass is 35.5. The van der Waals surface area contributed by atoms with Crippen molar-refractivity contribution < 1.29 is 25.8 Å². The van der Waals surface area contributed by atoms with Gasteiger partial charge in [0.2, 0.25) is 5.89 Å². The normalized spacial score (nSPS) is 10.8. The first-order valence-corrected chi connectivity index (χ1v) is 8.68. The predicted molar refractivity (Wildman–Crippen MR) is 99.6 cm³/mol. The van der Waals surface area contributed by atoms with Crippen LogP contribution in [0.1, 0.15) is 16.7 Å². The fraction of sp³-hybridized carbons (Fsp3) is 0.143. The van der Waals surface area contributed by atoms with E-state index in [-0.39, 0.29) is 18.2 Å². The zero-order chi connectivity index (χ0) is 18.3. The van der Waals surface area contributed by atoms with Crippen molar-refractivity contribution in [2.75, 3.05) is 0 Å². The smallest absolute Gasteiger partial charge is 0.227 e. The van der Waals surface area contributed by atoms with E-state index in [1.165, 1.54) is 23.3 Å². The van der Waals surface area contributed by atoms with E-state index in [0.717, 1.165) is 22.2 Å². The summed E-state index contributed by atoms with van der Waals surface area (Å²) in [5.74, 6) is 0.262. The lowest BCUT2D eigenvalue weighted by Crippen LogP contribution is -3.00. The Balaban J connectivity index is 0.00000210. The third-order valence-electron chi connectivity index (χ3n) is 4.51. The molecule has 0 amide bonds. The molecule has 0 N–H and O–H groups in total. The van der Waals surface area contributed by atoms with Crippen LogP contribution in [-0.2, 0) is 6.54 Å². The molecule has 138 valence electrons. The van der Waals surface area contributed by atoms with E-state index in [1.54, 1.807) is 6.07 Å². The molecular weight excluding hydrogens is 386 g/mol. The van der Waals surface area contributed by atoms with E-state index in [4.69, 9.17) is 16.0 Å². The van der Waals surface area contributed by atoms with Crippen LogP contribution in [0.3, 0.4) is 0 Å². The maximum absolute atomic E-state index is 13.2. The summed E-state index contributed by atoms with van der Waals surface area (Å²) in [7, 11) is 0. The van der Waals surface area contributed by atoms with E-state index in [1.807, 2.05) is 41.2 Å². The first-order chi connectivity index (χ1) is 12.5. The van der Waals surface area contributed by atoms with Gasteiger partial charge in [-0.2, -0.15) is 0 Å². The lowest BCUT2D eigenvalue weighted by molar-refractivity contribution is -0.688. The van der Waals surface area contributed by atoms with Gasteiger partial charge in [0.25, 0.3) is 0 Å². The van der Waals surface area contributed by atoms with Crippen LogP contribution >= 0.6 is 11.6 Å². The van der Waals surface area contributed by atoms with E-state index in [9.17, 15) is 4.39 Å². The minimum Gasteiger partial charge on any atom is -1.00 e. The highest BCUT2D eigenvalue weighted by molar-refractivity contribution is 6.31. The number of aromatic nitrogens is 2. The minimum atomic E-state index is -0.333. The molecule has 0 bridgehead atoms. The van der Waals surface area contributed by atoms with E-state index >= 15 is 0 Å². The van der Waals surface area contributed by atoms with Crippen molar-refractivity contribution in [2.45, 2.75) is 20.4 Å². The Labute approximate surface area is 167 Å². The van der Waals surface area contributed by atoms with Crippen molar-refractivity contribution in [3.63, 3.8) is 0 Å². The molecule has 27 heavy (non-hydrogen) atoms. The largest absolute Gasteiger partial charge is 1.00 e. The summed E-state index contributed by atoms with van der Waals surface area (Å²) in [6.07, 6.45) is 3.86. The number of fused-ring (bicyclic) bond motifs is 1. The monoisotopic (exact) mass is 402 g/mol. The number of hydrogen-bond donors (Lipinski definition) is 0. The van der Waals surface area contributed by atoms with Gasteiger partial charge in [-0.25, -0.2) is 13.9 Å². The molecule has 0 atom stereocenters. The third kappa shape index (κ3) is 3.97. The van der Waals surface area contributed by atoms with E-state index < -0.39 is 0 Å². The quantitative estimate of drug-likeness (QED) is 0.492. The summed E-state index contributed by atoms with van der Waals surface area (Å²) in [5, 5.41) is 0.422. The topological polar surface area (TPSA) is 29.9 Å². The summed E-state index contributed by atoms with van der Waals surface area (Å²) in [6, 6.07) is 12.4. The molecule has 4 rings (SSSR count). The fourth-order valence-corrected chi connectivity index (χ4v) is 3.08. The molecule has 0 saturated carbocycles. The molecule has 0 aliphatic heterocycles. The lowest BCUT2D eigenvalue weighted by atomic mass is 10.1. The van der Waals surface area contributed by atoms with Crippen LogP contribution in [0, 0.1) is 19.7 Å². The van der Waals surface area contributed by atoms with Crippen molar-refractivity contribution in [1.29, 1.82) is 0 Å². The molecular formula is C21H17Cl2FN2O. The highest BCUT2D eigenvalue weighted by Gasteiger charge is 2.12.